The van der Waals surface area contributed by atoms with Gasteiger partial charge in [-0.2, -0.15) is 0 Å². The van der Waals surface area contributed by atoms with Crippen molar-refractivity contribution in [1.82, 2.24) is 4.90 Å². The molecule has 1 saturated heterocycles. The van der Waals surface area contributed by atoms with Crippen molar-refractivity contribution in [2.24, 2.45) is 0 Å². The summed E-state index contributed by atoms with van der Waals surface area (Å²) in [5.41, 5.74) is 1.19. The number of hydrogen-bond donors (Lipinski definition) is 0. The number of ether oxygens (including phenoxy) is 2. The van der Waals surface area contributed by atoms with Gasteiger partial charge in [-0.05, 0) is 29.8 Å². The standard InChI is InChI=1S/C16H18NO2S/c1-3-14(16-5-2-12-20-16)13-15(4-1)19-11-8-17-6-9-18-10-7-17/h1-5,13H,6-11H2. The minimum atomic E-state index is 0.722. The molecule has 0 aliphatic carbocycles. The van der Waals surface area contributed by atoms with Crippen LogP contribution in [0.25, 0.3) is 10.4 Å². The first-order valence-corrected chi connectivity index (χ1v) is 7.73. The van der Waals surface area contributed by atoms with Crippen molar-refractivity contribution in [1.29, 1.82) is 0 Å². The van der Waals surface area contributed by atoms with Gasteiger partial charge in [-0.3, -0.25) is 4.90 Å². The first-order chi connectivity index (χ1) is 9.92. The van der Waals surface area contributed by atoms with Crippen LogP contribution < -0.4 is 4.74 Å². The fourth-order valence-electron chi connectivity index (χ4n) is 2.25. The summed E-state index contributed by atoms with van der Waals surface area (Å²) < 4.78 is 11.2. The van der Waals surface area contributed by atoms with Crippen LogP contribution in [0.4, 0.5) is 0 Å². The maximum absolute atomic E-state index is 5.86. The molecule has 0 unspecified atom stereocenters. The fraction of sp³-hybridized carbons (Fsp3) is 0.375. The Kier molecular flexibility index (Phi) is 4.69. The molecule has 1 fully saturated rings. The van der Waals surface area contributed by atoms with Gasteiger partial charge in [0.05, 0.1) is 13.2 Å². The molecule has 0 N–H and O–H groups in total. The molecule has 0 atom stereocenters. The van der Waals surface area contributed by atoms with Gasteiger partial charge >= 0.3 is 0 Å². The van der Waals surface area contributed by atoms with Crippen molar-refractivity contribution in [3.8, 4) is 16.2 Å². The predicted octanol–water partition coefficient (Wildman–Crippen LogP) is 2.93. The van der Waals surface area contributed by atoms with Crippen LogP contribution in [0.1, 0.15) is 0 Å². The highest BCUT2D eigenvalue weighted by molar-refractivity contribution is 7.13. The lowest BCUT2D eigenvalue weighted by atomic mass is 10.2. The lowest BCUT2D eigenvalue weighted by molar-refractivity contribution is 0.0322. The summed E-state index contributed by atoms with van der Waals surface area (Å²) in [7, 11) is 0. The smallest absolute Gasteiger partial charge is 0.120 e. The van der Waals surface area contributed by atoms with Crippen LogP contribution in [0.5, 0.6) is 5.75 Å². The van der Waals surface area contributed by atoms with Gasteiger partial charge < -0.3 is 9.47 Å². The molecule has 0 amide bonds. The Balaban J connectivity index is 1.53. The predicted molar refractivity (Wildman–Crippen MR) is 81.3 cm³/mol. The Bertz CT molecular complexity index is 521. The van der Waals surface area contributed by atoms with E-state index in [1.54, 1.807) is 11.3 Å². The van der Waals surface area contributed by atoms with Gasteiger partial charge in [0.2, 0.25) is 0 Å². The monoisotopic (exact) mass is 288 g/mol. The van der Waals surface area contributed by atoms with Crippen LogP contribution in [-0.2, 0) is 4.74 Å². The van der Waals surface area contributed by atoms with Crippen molar-refractivity contribution in [2.45, 2.75) is 0 Å². The summed E-state index contributed by atoms with van der Waals surface area (Å²) >= 11 is 1.63. The first-order valence-electron chi connectivity index (χ1n) is 6.91. The molecule has 3 nitrogen and oxygen atoms in total. The SMILES string of the molecule is [c]1ccc(-c2cccc(OCCN3CCOCC3)c2)s1. The molecule has 1 aliphatic heterocycles. The molecule has 4 heteroatoms. The maximum Gasteiger partial charge on any atom is 0.120 e. The lowest BCUT2D eigenvalue weighted by Gasteiger charge is -2.26. The molecule has 20 heavy (non-hydrogen) atoms. The van der Waals surface area contributed by atoms with E-state index < -0.39 is 0 Å². The van der Waals surface area contributed by atoms with Crippen LogP contribution in [0.15, 0.2) is 36.4 Å². The Morgan fingerprint density at radius 2 is 2.15 bits per heavy atom. The molecule has 0 spiro atoms. The Morgan fingerprint density at radius 1 is 1.25 bits per heavy atom. The van der Waals surface area contributed by atoms with Gasteiger partial charge in [-0.1, -0.05) is 12.1 Å². The quantitative estimate of drug-likeness (QED) is 0.844. The first kappa shape index (κ1) is 13.6. The molecule has 1 aromatic carbocycles. The number of rotatable bonds is 5. The summed E-state index contributed by atoms with van der Waals surface area (Å²) in [6.07, 6.45) is 0. The van der Waals surface area contributed by atoms with Crippen LogP contribution >= 0.6 is 11.3 Å². The Morgan fingerprint density at radius 3 is 2.95 bits per heavy atom. The van der Waals surface area contributed by atoms with E-state index in [9.17, 15) is 0 Å². The van der Waals surface area contributed by atoms with E-state index in [0.717, 1.165) is 45.2 Å². The largest absolute Gasteiger partial charge is 0.492 e. The molecular weight excluding hydrogens is 270 g/mol. The maximum atomic E-state index is 5.86. The summed E-state index contributed by atoms with van der Waals surface area (Å²) in [5, 5.41) is 3.12. The molecule has 0 bridgehead atoms. The highest BCUT2D eigenvalue weighted by Crippen LogP contribution is 2.27. The number of nitrogens with zero attached hydrogens (tertiary/aromatic N) is 1. The van der Waals surface area contributed by atoms with Gasteiger partial charge in [0.15, 0.2) is 0 Å². The molecule has 2 aromatic rings. The fourth-order valence-corrected chi connectivity index (χ4v) is 2.90. The second-order valence-electron chi connectivity index (χ2n) is 4.75. The van der Waals surface area contributed by atoms with Gasteiger partial charge in [0.25, 0.3) is 0 Å². The van der Waals surface area contributed by atoms with E-state index in [1.165, 1.54) is 10.4 Å². The topological polar surface area (TPSA) is 21.7 Å². The second kappa shape index (κ2) is 6.88. The third kappa shape index (κ3) is 3.60. The summed E-state index contributed by atoms with van der Waals surface area (Å²) in [5.74, 6) is 0.934. The van der Waals surface area contributed by atoms with Gasteiger partial charge in [-0.25, -0.2) is 0 Å². The van der Waals surface area contributed by atoms with Crippen LogP contribution in [0.2, 0.25) is 0 Å². The highest BCUT2D eigenvalue weighted by Gasteiger charge is 2.09. The van der Waals surface area contributed by atoms with Crippen molar-refractivity contribution in [3.63, 3.8) is 0 Å². The third-order valence-electron chi connectivity index (χ3n) is 3.37. The van der Waals surface area contributed by atoms with Gasteiger partial charge in [0.1, 0.15) is 12.4 Å². The molecule has 2 heterocycles. The zero-order valence-corrected chi connectivity index (χ0v) is 12.2. The molecule has 1 aliphatic rings. The number of morpholine rings is 1. The summed E-state index contributed by atoms with van der Waals surface area (Å²) in [6.45, 7) is 5.37. The zero-order chi connectivity index (χ0) is 13.6. The Hall–Kier alpha value is -1.36. The number of thiophene rings is 1. The normalized spacial score (nSPS) is 16.2. The van der Waals surface area contributed by atoms with Crippen molar-refractivity contribution in [3.05, 3.63) is 41.8 Å². The average molecular weight is 288 g/mol. The number of benzene rings is 1. The van der Waals surface area contributed by atoms with E-state index in [4.69, 9.17) is 9.47 Å². The molecule has 1 radical (unpaired) electrons. The molecule has 105 valence electrons. The Labute approximate surface area is 123 Å². The van der Waals surface area contributed by atoms with Gasteiger partial charge in [-0.15, -0.1) is 11.3 Å². The average Bonchev–Trinajstić information content (AvgIpc) is 3.03. The number of hydrogen-bond acceptors (Lipinski definition) is 4. The van der Waals surface area contributed by atoms with Crippen molar-refractivity contribution in [2.75, 3.05) is 39.5 Å². The zero-order valence-electron chi connectivity index (χ0n) is 11.4. The second-order valence-corrected chi connectivity index (χ2v) is 5.63. The van der Waals surface area contributed by atoms with E-state index in [2.05, 4.69) is 28.5 Å². The van der Waals surface area contributed by atoms with E-state index in [1.807, 2.05) is 18.2 Å². The minimum Gasteiger partial charge on any atom is -0.492 e. The van der Waals surface area contributed by atoms with Crippen molar-refractivity contribution >= 4 is 11.3 Å². The summed E-state index contributed by atoms with van der Waals surface area (Å²) in [6, 6.07) is 12.3. The molecule has 0 saturated carbocycles. The summed E-state index contributed by atoms with van der Waals surface area (Å²) in [4.78, 5) is 3.60. The van der Waals surface area contributed by atoms with Crippen LogP contribution in [0.3, 0.4) is 0 Å². The van der Waals surface area contributed by atoms with Gasteiger partial charge in [0, 0.05) is 29.9 Å². The molecule has 1 aromatic heterocycles. The third-order valence-corrected chi connectivity index (χ3v) is 4.22. The highest BCUT2D eigenvalue weighted by atomic mass is 32.1. The van der Waals surface area contributed by atoms with Crippen molar-refractivity contribution < 1.29 is 9.47 Å². The molecule has 3 rings (SSSR count). The van der Waals surface area contributed by atoms with E-state index >= 15 is 0 Å². The van der Waals surface area contributed by atoms with Crippen LogP contribution in [0, 0.1) is 5.38 Å². The molecular formula is C16H18NO2S. The van der Waals surface area contributed by atoms with Crippen LogP contribution in [-0.4, -0.2) is 44.4 Å². The minimum absolute atomic E-state index is 0.722. The lowest BCUT2D eigenvalue weighted by Crippen LogP contribution is -2.38. The van der Waals surface area contributed by atoms with E-state index in [0.29, 0.717) is 0 Å². The van der Waals surface area contributed by atoms with E-state index in [-0.39, 0.29) is 0 Å².